The summed E-state index contributed by atoms with van der Waals surface area (Å²) in [4.78, 5) is 4.64. The number of rotatable bonds is 8. The predicted octanol–water partition coefficient (Wildman–Crippen LogP) is 2.75. The first kappa shape index (κ1) is 20.8. The Hall–Kier alpha value is -1.96. The Labute approximate surface area is 166 Å². The number of piperazine rings is 1. The molecule has 2 heterocycles. The molecule has 0 saturated carbocycles. The molecule has 28 heavy (non-hydrogen) atoms. The molecule has 1 saturated heterocycles. The molecule has 0 bridgehead atoms. The number of H-pyrrole nitrogens is 1. The van der Waals surface area contributed by atoms with Gasteiger partial charge in [0.2, 0.25) is 0 Å². The number of hydrogen-bond acceptors (Lipinski definition) is 5. The molecule has 1 unspecified atom stereocenters. The lowest BCUT2D eigenvalue weighted by Crippen LogP contribution is -2.52. The third-order valence-corrected chi connectivity index (χ3v) is 5.42. The van der Waals surface area contributed by atoms with Gasteiger partial charge in [-0.2, -0.15) is 5.10 Å². The fourth-order valence-corrected chi connectivity index (χ4v) is 3.73. The monoisotopic (exact) mass is 390 g/mol. The number of nitrogens with one attached hydrogen (secondary N) is 1. The zero-order valence-corrected chi connectivity index (χ0v) is 17.0. The van der Waals surface area contributed by atoms with Crippen LogP contribution in [0.3, 0.4) is 0 Å². The smallest absolute Gasteiger partial charge is 0.131 e. The second kappa shape index (κ2) is 9.49. The maximum absolute atomic E-state index is 14.4. The minimum atomic E-state index is -0.247. The average Bonchev–Trinajstić information content (AvgIpc) is 3.14. The van der Waals surface area contributed by atoms with Crippen LogP contribution in [0.25, 0.3) is 0 Å². The lowest BCUT2D eigenvalue weighted by molar-refractivity contribution is 0.0487. The second-order valence-electron chi connectivity index (χ2n) is 7.80. The number of aliphatic hydroxyl groups is 1. The highest BCUT2D eigenvalue weighted by atomic mass is 19.1. The molecule has 0 spiro atoms. The van der Waals surface area contributed by atoms with Crippen LogP contribution in [0.15, 0.2) is 24.3 Å². The number of aromatic nitrogens is 2. The van der Waals surface area contributed by atoms with E-state index >= 15 is 0 Å². The number of aliphatic hydroxyl groups excluding tert-OH is 1. The maximum atomic E-state index is 14.4. The Morgan fingerprint density at radius 2 is 2.11 bits per heavy atom. The van der Waals surface area contributed by atoms with Crippen LogP contribution in [0.4, 0.5) is 4.39 Å². The number of aromatic amines is 1. The number of benzene rings is 1. The van der Waals surface area contributed by atoms with Gasteiger partial charge in [0.25, 0.3) is 0 Å². The first-order valence-corrected chi connectivity index (χ1v) is 9.94. The summed E-state index contributed by atoms with van der Waals surface area (Å²) in [6, 6.07) is 7.32. The van der Waals surface area contributed by atoms with Crippen LogP contribution in [0.2, 0.25) is 0 Å². The molecular formula is C21H31FN4O2. The summed E-state index contributed by atoms with van der Waals surface area (Å²) in [6.45, 7) is 8.32. The lowest BCUT2D eigenvalue weighted by Gasteiger charge is -2.41. The van der Waals surface area contributed by atoms with Crippen LogP contribution in [-0.4, -0.2) is 64.5 Å². The first-order valence-electron chi connectivity index (χ1n) is 9.94. The number of halogens is 1. The molecule has 0 amide bonds. The molecule has 154 valence electrons. The highest BCUT2D eigenvalue weighted by Gasteiger charge is 2.27. The van der Waals surface area contributed by atoms with Crippen LogP contribution in [0, 0.1) is 5.82 Å². The molecule has 1 atom stereocenters. The van der Waals surface area contributed by atoms with Gasteiger partial charge in [0.05, 0.1) is 12.8 Å². The van der Waals surface area contributed by atoms with Crippen LogP contribution in [0.1, 0.15) is 43.1 Å². The molecule has 1 fully saturated rings. The van der Waals surface area contributed by atoms with Gasteiger partial charge in [0.15, 0.2) is 0 Å². The Kier molecular flexibility index (Phi) is 7.04. The van der Waals surface area contributed by atoms with Gasteiger partial charge in [-0.1, -0.05) is 19.9 Å². The molecule has 7 heteroatoms. The fourth-order valence-electron chi connectivity index (χ4n) is 3.73. The number of methoxy groups -OCH3 is 1. The molecular weight excluding hydrogens is 359 g/mol. The molecule has 1 aliphatic heterocycles. The maximum Gasteiger partial charge on any atom is 0.131 e. The summed E-state index contributed by atoms with van der Waals surface area (Å²) in [7, 11) is 1.54. The topological polar surface area (TPSA) is 64.6 Å². The minimum Gasteiger partial charge on any atom is -0.497 e. The Morgan fingerprint density at radius 1 is 1.29 bits per heavy atom. The van der Waals surface area contributed by atoms with E-state index < -0.39 is 0 Å². The van der Waals surface area contributed by atoms with Crippen molar-refractivity contribution in [1.29, 1.82) is 0 Å². The van der Waals surface area contributed by atoms with Crippen LogP contribution in [-0.2, 0) is 13.1 Å². The number of ether oxygens (including phenoxy) is 1. The molecule has 2 N–H and O–H groups in total. The van der Waals surface area contributed by atoms with E-state index in [0.717, 1.165) is 37.6 Å². The van der Waals surface area contributed by atoms with E-state index in [0.29, 0.717) is 30.2 Å². The van der Waals surface area contributed by atoms with Crippen molar-refractivity contribution in [3.8, 4) is 5.75 Å². The third kappa shape index (κ3) is 5.10. The van der Waals surface area contributed by atoms with Crippen molar-refractivity contribution >= 4 is 0 Å². The zero-order chi connectivity index (χ0) is 20.1. The van der Waals surface area contributed by atoms with E-state index in [4.69, 9.17) is 4.74 Å². The first-order chi connectivity index (χ1) is 13.5. The normalized spacial score (nSPS) is 18.7. The number of nitrogens with zero attached hydrogens (tertiary/aromatic N) is 3. The standard InChI is InChI=1S/C21H31FN4O2/c1-15(2)21-10-17(23-24-21)13-25-7-8-26(18(14-25)6-9-27)12-16-4-5-19(28-3)11-20(16)22/h4-5,10-11,15,18,27H,6-9,12-14H2,1-3H3,(H,23,24). The third-order valence-electron chi connectivity index (χ3n) is 5.42. The summed E-state index contributed by atoms with van der Waals surface area (Å²) in [5.74, 6) is 0.685. The molecule has 0 radical (unpaired) electrons. The van der Waals surface area contributed by atoms with Gasteiger partial charge in [-0.25, -0.2) is 4.39 Å². The molecule has 0 aliphatic carbocycles. The quantitative estimate of drug-likeness (QED) is 0.726. The number of hydrogen-bond donors (Lipinski definition) is 2. The van der Waals surface area contributed by atoms with Crippen molar-refractivity contribution in [2.24, 2.45) is 0 Å². The van der Waals surface area contributed by atoms with Gasteiger partial charge in [0.1, 0.15) is 11.6 Å². The van der Waals surface area contributed by atoms with E-state index in [9.17, 15) is 9.50 Å². The van der Waals surface area contributed by atoms with Gasteiger partial charge >= 0.3 is 0 Å². The van der Waals surface area contributed by atoms with E-state index in [1.54, 1.807) is 12.1 Å². The van der Waals surface area contributed by atoms with E-state index in [1.807, 2.05) is 0 Å². The van der Waals surface area contributed by atoms with Crippen LogP contribution < -0.4 is 4.74 Å². The van der Waals surface area contributed by atoms with Crippen molar-refractivity contribution in [3.63, 3.8) is 0 Å². The predicted molar refractivity (Wildman–Crippen MR) is 107 cm³/mol. The van der Waals surface area contributed by atoms with Gasteiger partial charge in [-0.3, -0.25) is 14.9 Å². The van der Waals surface area contributed by atoms with Crippen molar-refractivity contribution in [2.75, 3.05) is 33.4 Å². The SMILES string of the molecule is COc1ccc(CN2CCN(Cc3cc(C(C)C)n[nH]3)CC2CCO)c(F)c1. The molecule has 1 aromatic heterocycles. The van der Waals surface area contributed by atoms with Crippen LogP contribution >= 0.6 is 0 Å². The van der Waals surface area contributed by atoms with E-state index in [-0.39, 0.29) is 18.5 Å². The van der Waals surface area contributed by atoms with Gasteiger partial charge in [-0.15, -0.1) is 0 Å². The van der Waals surface area contributed by atoms with Crippen molar-refractivity contribution in [2.45, 2.75) is 45.3 Å². The van der Waals surface area contributed by atoms with Crippen molar-refractivity contribution in [1.82, 2.24) is 20.0 Å². The Bertz CT molecular complexity index is 765. The molecule has 2 aromatic rings. The second-order valence-corrected chi connectivity index (χ2v) is 7.80. The summed E-state index contributed by atoms with van der Waals surface area (Å²) >= 11 is 0. The molecule has 1 aliphatic rings. The highest BCUT2D eigenvalue weighted by Crippen LogP contribution is 2.22. The van der Waals surface area contributed by atoms with Crippen molar-refractivity contribution < 1.29 is 14.2 Å². The average molecular weight is 391 g/mol. The Balaban J connectivity index is 1.63. The highest BCUT2D eigenvalue weighted by molar-refractivity contribution is 5.29. The Morgan fingerprint density at radius 3 is 2.75 bits per heavy atom. The largest absolute Gasteiger partial charge is 0.497 e. The molecule has 1 aromatic carbocycles. The molecule has 6 nitrogen and oxygen atoms in total. The zero-order valence-electron chi connectivity index (χ0n) is 17.0. The van der Waals surface area contributed by atoms with Gasteiger partial charge < -0.3 is 9.84 Å². The summed E-state index contributed by atoms with van der Waals surface area (Å²) in [5.41, 5.74) is 2.85. The molecule has 3 rings (SSSR count). The fraction of sp³-hybridized carbons (Fsp3) is 0.571. The summed E-state index contributed by atoms with van der Waals surface area (Å²) in [5, 5.41) is 17.0. The van der Waals surface area contributed by atoms with E-state index in [1.165, 1.54) is 13.2 Å². The minimum absolute atomic E-state index is 0.127. The van der Waals surface area contributed by atoms with Crippen molar-refractivity contribution in [3.05, 3.63) is 47.0 Å². The van der Waals surface area contributed by atoms with Crippen LogP contribution in [0.5, 0.6) is 5.75 Å². The van der Waals surface area contributed by atoms with Gasteiger partial charge in [0, 0.05) is 62.7 Å². The van der Waals surface area contributed by atoms with Gasteiger partial charge in [-0.05, 0) is 24.5 Å². The summed E-state index contributed by atoms with van der Waals surface area (Å²) < 4.78 is 19.4. The van der Waals surface area contributed by atoms with E-state index in [2.05, 4.69) is 39.9 Å². The summed E-state index contributed by atoms with van der Waals surface area (Å²) in [6.07, 6.45) is 0.675. The lowest BCUT2D eigenvalue weighted by atomic mass is 10.1.